The molecule has 0 aliphatic rings. The molecule has 0 bridgehead atoms. The molecule has 0 fully saturated rings. The molecule has 0 saturated heterocycles. The lowest BCUT2D eigenvalue weighted by Gasteiger charge is -2.05. The lowest BCUT2D eigenvalue weighted by Crippen LogP contribution is -2.08. The van der Waals surface area contributed by atoms with Crippen LogP contribution in [0.3, 0.4) is 0 Å². The molecular weight excluding hydrogens is 350 g/mol. The average molecular weight is 371 g/mol. The molecule has 0 aliphatic heterocycles. The number of rotatable bonds is 7. The van der Waals surface area contributed by atoms with Gasteiger partial charge in [-0.15, -0.1) is 5.10 Å². The average Bonchev–Trinajstić information content (AvgIpc) is 3.09. The molecule has 0 spiro atoms. The second kappa shape index (κ2) is 7.80. The number of aromatic nitrogens is 3. The minimum absolute atomic E-state index is 0.105. The minimum Gasteiger partial charge on any atom is -0.266 e. The van der Waals surface area contributed by atoms with Crippen LogP contribution in [0, 0.1) is 13.8 Å². The number of benzene rings is 2. The van der Waals surface area contributed by atoms with E-state index in [1.807, 2.05) is 44.3 Å². The molecule has 3 aromatic rings. The summed E-state index contributed by atoms with van der Waals surface area (Å²) in [4.78, 5) is 0.174. The smallest absolute Gasteiger partial charge is 0.266 e. The maximum Gasteiger partial charge on any atom is 0.296 e. The van der Waals surface area contributed by atoms with Crippen molar-refractivity contribution in [2.75, 3.05) is 6.61 Å². The Kier molecular flexibility index (Phi) is 5.49. The van der Waals surface area contributed by atoms with Crippen LogP contribution < -0.4 is 0 Å². The van der Waals surface area contributed by atoms with Crippen molar-refractivity contribution in [1.82, 2.24) is 15.0 Å². The molecule has 0 N–H and O–H groups in total. The third-order valence-corrected chi connectivity index (χ3v) is 5.29. The van der Waals surface area contributed by atoms with Crippen LogP contribution in [0.15, 0.2) is 59.6 Å². The highest BCUT2D eigenvalue weighted by Gasteiger charge is 2.14. The Hall–Kier alpha value is -2.51. The minimum atomic E-state index is -3.71. The highest BCUT2D eigenvalue weighted by molar-refractivity contribution is 7.86. The maximum absolute atomic E-state index is 12.1. The number of nitrogens with zero attached hydrogens (tertiary/aromatic N) is 3. The molecule has 3 rings (SSSR count). The lowest BCUT2D eigenvalue weighted by atomic mass is 10.2. The van der Waals surface area contributed by atoms with Crippen LogP contribution in [0.5, 0.6) is 0 Å². The van der Waals surface area contributed by atoms with Crippen LogP contribution in [0.4, 0.5) is 0 Å². The summed E-state index contributed by atoms with van der Waals surface area (Å²) >= 11 is 0. The molecule has 136 valence electrons. The number of hydrogen-bond acceptors (Lipinski definition) is 5. The highest BCUT2D eigenvalue weighted by Crippen LogP contribution is 2.14. The molecule has 0 saturated carbocycles. The third kappa shape index (κ3) is 4.56. The predicted molar refractivity (Wildman–Crippen MR) is 98.7 cm³/mol. The van der Waals surface area contributed by atoms with Crippen molar-refractivity contribution in [3.05, 3.63) is 71.5 Å². The van der Waals surface area contributed by atoms with Crippen LogP contribution >= 0.6 is 0 Å². The van der Waals surface area contributed by atoms with Gasteiger partial charge in [-0.3, -0.25) is 4.18 Å². The molecule has 2 aromatic carbocycles. The second-order valence-electron chi connectivity index (χ2n) is 6.18. The van der Waals surface area contributed by atoms with E-state index >= 15 is 0 Å². The zero-order chi connectivity index (χ0) is 18.6. The summed E-state index contributed by atoms with van der Waals surface area (Å²) in [6.07, 6.45) is 2.98. The molecule has 7 heteroatoms. The molecule has 26 heavy (non-hydrogen) atoms. The van der Waals surface area contributed by atoms with Gasteiger partial charge in [-0.25, -0.2) is 4.68 Å². The third-order valence-electron chi connectivity index (χ3n) is 3.96. The largest absolute Gasteiger partial charge is 0.296 e. The summed E-state index contributed by atoms with van der Waals surface area (Å²) in [7, 11) is -3.71. The van der Waals surface area contributed by atoms with Gasteiger partial charge in [0, 0.05) is 0 Å². The molecule has 0 aliphatic carbocycles. The van der Waals surface area contributed by atoms with E-state index in [4.69, 9.17) is 4.18 Å². The first-order valence-corrected chi connectivity index (χ1v) is 9.79. The van der Waals surface area contributed by atoms with Crippen molar-refractivity contribution < 1.29 is 12.6 Å². The van der Waals surface area contributed by atoms with Crippen molar-refractivity contribution in [2.45, 2.75) is 31.6 Å². The van der Waals surface area contributed by atoms with Crippen LogP contribution in [0.25, 0.3) is 5.69 Å². The van der Waals surface area contributed by atoms with E-state index in [1.54, 1.807) is 28.9 Å². The molecule has 1 heterocycles. The number of hydrogen-bond donors (Lipinski definition) is 0. The van der Waals surface area contributed by atoms with Gasteiger partial charge >= 0.3 is 0 Å². The topological polar surface area (TPSA) is 74.1 Å². The van der Waals surface area contributed by atoms with Gasteiger partial charge in [0.15, 0.2) is 0 Å². The molecule has 6 nitrogen and oxygen atoms in total. The van der Waals surface area contributed by atoms with Gasteiger partial charge in [-0.05, 0) is 51.0 Å². The summed E-state index contributed by atoms with van der Waals surface area (Å²) in [6.45, 7) is 4.04. The Balaban J connectivity index is 1.52. The summed E-state index contributed by atoms with van der Waals surface area (Å²) in [6, 6.07) is 14.6. The van der Waals surface area contributed by atoms with Crippen molar-refractivity contribution >= 4 is 10.1 Å². The van der Waals surface area contributed by atoms with E-state index in [1.165, 1.54) is 5.56 Å². The van der Waals surface area contributed by atoms with Crippen LogP contribution in [-0.4, -0.2) is 30.0 Å². The second-order valence-corrected chi connectivity index (χ2v) is 7.80. The zero-order valence-corrected chi connectivity index (χ0v) is 15.6. The number of aryl methyl sites for hydroxylation is 3. The fraction of sp³-hybridized carbons (Fsp3) is 0.263. The van der Waals surface area contributed by atoms with E-state index in [0.717, 1.165) is 16.9 Å². The summed E-state index contributed by atoms with van der Waals surface area (Å²) in [5.74, 6) is 0. The fourth-order valence-corrected chi connectivity index (χ4v) is 3.37. The summed E-state index contributed by atoms with van der Waals surface area (Å²) < 4.78 is 31.0. The summed E-state index contributed by atoms with van der Waals surface area (Å²) in [5.41, 5.74) is 3.91. The normalized spacial score (nSPS) is 11.6. The van der Waals surface area contributed by atoms with Crippen molar-refractivity contribution in [2.24, 2.45) is 0 Å². The fourth-order valence-electron chi connectivity index (χ4n) is 2.43. The Labute approximate surface area is 153 Å². The van der Waals surface area contributed by atoms with E-state index in [-0.39, 0.29) is 11.5 Å². The first kappa shape index (κ1) is 18.3. The van der Waals surface area contributed by atoms with E-state index in [0.29, 0.717) is 12.8 Å². The van der Waals surface area contributed by atoms with Gasteiger partial charge in [0.25, 0.3) is 10.1 Å². The van der Waals surface area contributed by atoms with Gasteiger partial charge < -0.3 is 0 Å². The van der Waals surface area contributed by atoms with E-state index in [9.17, 15) is 8.42 Å². The molecule has 1 aromatic heterocycles. The lowest BCUT2D eigenvalue weighted by molar-refractivity contribution is 0.312. The van der Waals surface area contributed by atoms with E-state index in [2.05, 4.69) is 10.3 Å². The molecule has 0 amide bonds. The Morgan fingerprint density at radius 2 is 1.58 bits per heavy atom. The monoisotopic (exact) mass is 371 g/mol. The summed E-state index contributed by atoms with van der Waals surface area (Å²) in [5, 5.41) is 8.23. The van der Waals surface area contributed by atoms with Crippen LogP contribution in [0.2, 0.25) is 0 Å². The Morgan fingerprint density at radius 3 is 2.23 bits per heavy atom. The molecular formula is C19H21N3O3S. The quantitative estimate of drug-likeness (QED) is 0.471. The van der Waals surface area contributed by atoms with Crippen molar-refractivity contribution in [3.63, 3.8) is 0 Å². The van der Waals surface area contributed by atoms with E-state index < -0.39 is 10.1 Å². The van der Waals surface area contributed by atoms with Gasteiger partial charge in [0.05, 0.1) is 29.1 Å². The van der Waals surface area contributed by atoms with Crippen LogP contribution in [0.1, 0.15) is 23.2 Å². The SMILES string of the molecule is Cc1ccc(-n2cc(CCCOS(=O)(=O)c3ccc(C)cc3)nn2)cc1. The van der Waals surface area contributed by atoms with Gasteiger partial charge in [-0.1, -0.05) is 40.6 Å². The molecule has 0 atom stereocenters. The maximum atomic E-state index is 12.1. The standard InChI is InChI=1S/C19H21N3O3S/c1-15-5-9-18(10-6-15)22-14-17(20-21-22)4-3-13-25-26(23,24)19-11-7-16(2)8-12-19/h5-12,14H,3-4,13H2,1-2H3. The predicted octanol–water partition coefficient (Wildman–Crippen LogP) is 3.22. The van der Waals surface area contributed by atoms with Gasteiger partial charge in [0.2, 0.25) is 0 Å². The Morgan fingerprint density at radius 1 is 0.962 bits per heavy atom. The zero-order valence-electron chi connectivity index (χ0n) is 14.8. The Bertz CT molecular complexity index is 962. The molecule has 0 radical (unpaired) electrons. The first-order chi connectivity index (χ1) is 12.4. The van der Waals surface area contributed by atoms with Gasteiger partial charge in [0.1, 0.15) is 0 Å². The molecule has 0 unspecified atom stereocenters. The first-order valence-electron chi connectivity index (χ1n) is 8.38. The van der Waals surface area contributed by atoms with Crippen LogP contribution in [-0.2, 0) is 20.7 Å². The van der Waals surface area contributed by atoms with Crippen molar-refractivity contribution in [1.29, 1.82) is 0 Å². The van der Waals surface area contributed by atoms with Gasteiger partial charge in [-0.2, -0.15) is 8.42 Å². The van der Waals surface area contributed by atoms with Crippen molar-refractivity contribution in [3.8, 4) is 5.69 Å². The highest BCUT2D eigenvalue weighted by atomic mass is 32.2.